The van der Waals surface area contributed by atoms with Crippen LogP contribution >= 0.6 is 36.0 Å². The first-order valence-corrected chi connectivity index (χ1v) is 17.5. The SMILES string of the molecule is COc1ccc(S(=O)(=O)CCOSOO[O-])cc1N=Nc1c(SOO[O-])cc2cc(Nc3nc(Cl)nc(-[n+]4ccc(C(N)=O)cc4)n3)ccc2c1O.[Na+].[Na+]. The number of hydrogen-bond donors (Lipinski definition) is 3. The summed E-state index contributed by atoms with van der Waals surface area (Å²) < 4.78 is 45.7. The molecule has 5 rings (SSSR count). The molecule has 0 aliphatic heterocycles. The van der Waals surface area contributed by atoms with E-state index in [9.17, 15) is 28.8 Å². The number of nitrogens with one attached hydrogen (secondary N) is 1. The van der Waals surface area contributed by atoms with Crippen LogP contribution in [0.15, 0.2) is 87.0 Å². The third-order valence-corrected chi connectivity index (χ3v) is 9.54. The van der Waals surface area contributed by atoms with Gasteiger partial charge in [0.1, 0.15) is 17.1 Å². The van der Waals surface area contributed by atoms with Gasteiger partial charge in [0.05, 0.1) is 53.7 Å². The van der Waals surface area contributed by atoms with E-state index in [0.717, 1.165) is 0 Å². The molecular weight excluding hydrogens is 818 g/mol. The van der Waals surface area contributed by atoms with Crippen LogP contribution in [0.1, 0.15) is 10.4 Å². The third-order valence-electron chi connectivity index (χ3n) is 6.71. The smallest absolute Gasteiger partial charge is 0.691 e. The van der Waals surface area contributed by atoms with E-state index >= 15 is 0 Å². The van der Waals surface area contributed by atoms with Crippen molar-refractivity contribution in [2.45, 2.75) is 9.79 Å². The number of methoxy groups -OCH3 is 1. The molecule has 5 aromatic rings. The number of phenolic OH excluding ortho intramolecular Hbond substituents is 1. The zero-order valence-corrected chi connectivity index (χ0v) is 35.3. The molecule has 4 N–H and O–H groups in total. The van der Waals surface area contributed by atoms with Gasteiger partial charge in [-0.05, 0) is 81.6 Å². The molecule has 0 fully saturated rings. The molecule has 26 heteroatoms. The van der Waals surface area contributed by atoms with Crippen LogP contribution in [0.2, 0.25) is 5.28 Å². The van der Waals surface area contributed by atoms with E-state index < -0.39 is 21.5 Å². The molecule has 0 saturated heterocycles. The molecule has 0 atom stereocenters. The quantitative estimate of drug-likeness (QED) is 0.0158. The summed E-state index contributed by atoms with van der Waals surface area (Å²) in [4.78, 5) is 23.9. The second-order valence-electron chi connectivity index (χ2n) is 9.82. The molecule has 0 saturated carbocycles. The largest absolute Gasteiger partial charge is 1.00 e. The van der Waals surface area contributed by atoms with Gasteiger partial charge in [-0.25, -0.2) is 13.0 Å². The number of amides is 1. The molecule has 3 aromatic carbocycles. The van der Waals surface area contributed by atoms with Crippen molar-refractivity contribution in [2.24, 2.45) is 16.0 Å². The predicted molar refractivity (Wildman–Crippen MR) is 177 cm³/mol. The van der Waals surface area contributed by atoms with Crippen LogP contribution < -0.4 is 90.0 Å². The molecule has 54 heavy (non-hydrogen) atoms. The van der Waals surface area contributed by atoms with Gasteiger partial charge in [0.25, 0.3) is 0 Å². The molecule has 2 aromatic heterocycles. The van der Waals surface area contributed by atoms with Crippen molar-refractivity contribution in [3.05, 3.63) is 77.8 Å². The molecule has 20 nitrogen and oxygen atoms in total. The van der Waals surface area contributed by atoms with Crippen LogP contribution in [0.5, 0.6) is 11.5 Å². The number of anilines is 2. The fraction of sp³-hybridized carbons (Fsp3) is 0.107. The van der Waals surface area contributed by atoms with Crippen molar-refractivity contribution in [2.75, 3.05) is 24.8 Å². The fourth-order valence-electron chi connectivity index (χ4n) is 4.38. The van der Waals surface area contributed by atoms with Crippen molar-refractivity contribution >= 4 is 85.5 Å². The number of fused-ring (bicyclic) bond motifs is 1. The number of ether oxygens (including phenoxy) is 1. The average molecular weight is 840 g/mol. The maximum Gasteiger partial charge on any atom is 1.00 e. The van der Waals surface area contributed by atoms with Gasteiger partial charge in [-0.15, -0.1) is 14.6 Å². The van der Waals surface area contributed by atoms with E-state index in [1.807, 2.05) is 0 Å². The molecular formula is C28H22ClN8Na2O12S3+. The summed E-state index contributed by atoms with van der Waals surface area (Å²) in [7, 11) is -2.59. The van der Waals surface area contributed by atoms with Crippen molar-refractivity contribution in [1.29, 1.82) is 0 Å². The second-order valence-corrected chi connectivity index (χ2v) is 13.5. The Labute approximate surface area is 363 Å². The number of rotatable bonds is 17. The Morgan fingerprint density at radius 2 is 1.76 bits per heavy atom. The van der Waals surface area contributed by atoms with Gasteiger partial charge in [0.2, 0.25) is 5.91 Å². The van der Waals surface area contributed by atoms with E-state index in [1.54, 1.807) is 18.2 Å². The second kappa shape index (κ2) is 21.5. The molecule has 0 radical (unpaired) electrons. The van der Waals surface area contributed by atoms with Crippen LogP contribution in [0, 0.1) is 0 Å². The predicted octanol–water partition coefficient (Wildman–Crippen LogP) is -3.26. The van der Waals surface area contributed by atoms with Crippen LogP contribution in [0.3, 0.4) is 0 Å². The van der Waals surface area contributed by atoms with Crippen molar-refractivity contribution in [3.63, 3.8) is 0 Å². The normalized spacial score (nSPS) is 11.3. The number of hydrogen-bond acceptors (Lipinski definition) is 20. The Morgan fingerprint density at radius 3 is 2.44 bits per heavy atom. The molecule has 1 amide bonds. The summed E-state index contributed by atoms with van der Waals surface area (Å²) >= 11 is 6.75. The van der Waals surface area contributed by atoms with Gasteiger partial charge in [0, 0.05) is 16.6 Å². The van der Waals surface area contributed by atoms with Crippen LogP contribution in [-0.4, -0.2) is 53.9 Å². The number of aromatic nitrogens is 4. The number of sulfone groups is 1. The van der Waals surface area contributed by atoms with Crippen molar-refractivity contribution in [3.8, 4) is 17.4 Å². The summed E-state index contributed by atoms with van der Waals surface area (Å²) in [5.41, 5.74) is 5.83. The maximum atomic E-state index is 12.9. The number of carbonyl (C=O) groups excluding carboxylic acids is 1. The number of nitrogens with zero attached hydrogens (tertiary/aromatic N) is 6. The van der Waals surface area contributed by atoms with E-state index in [1.165, 1.54) is 60.5 Å². The minimum atomic E-state index is -3.92. The van der Waals surface area contributed by atoms with Gasteiger partial charge >= 0.3 is 76.3 Å². The minimum absolute atomic E-state index is 0. The first-order valence-electron chi connectivity index (χ1n) is 14.0. The number of phenols is 1. The van der Waals surface area contributed by atoms with E-state index in [-0.39, 0.29) is 133 Å². The van der Waals surface area contributed by atoms with Gasteiger partial charge in [0.15, 0.2) is 27.9 Å². The number of aromatic hydroxyl groups is 1. The average Bonchev–Trinajstić information content (AvgIpc) is 3.13. The van der Waals surface area contributed by atoms with Gasteiger partial charge < -0.3 is 31.4 Å². The number of azo groups is 1. The number of nitrogens with two attached hydrogens (primary N) is 1. The van der Waals surface area contributed by atoms with Crippen LogP contribution in [0.4, 0.5) is 23.0 Å². The Bertz CT molecular complexity index is 2230. The summed E-state index contributed by atoms with van der Waals surface area (Å²) in [5.74, 6) is -1.15. The fourth-order valence-corrected chi connectivity index (χ4v) is 6.45. The Balaban J connectivity index is 0.00000392. The molecule has 0 unspecified atom stereocenters. The monoisotopic (exact) mass is 839 g/mol. The van der Waals surface area contributed by atoms with Crippen molar-refractivity contribution in [1.82, 2.24) is 15.0 Å². The molecule has 0 bridgehead atoms. The summed E-state index contributed by atoms with van der Waals surface area (Å²) in [6.07, 6.45) is 3.04. The summed E-state index contributed by atoms with van der Waals surface area (Å²) in [5, 5.41) is 50.3. The summed E-state index contributed by atoms with van der Waals surface area (Å²) in [6, 6.07) is 13.1. The van der Waals surface area contributed by atoms with Gasteiger partial charge in [-0.3, -0.25) is 19.1 Å². The topological polar surface area (TPSA) is 278 Å². The summed E-state index contributed by atoms with van der Waals surface area (Å²) in [6.45, 7) is -0.346. The van der Waals surface area contributed by atoms with E-state index in [2.05, 4.69) is 49.2 Å². The third kappa shape index (κ3) is 11.9. The number of halogens is 1. The molecule has 272 valence electrons. The van der Waals surface area contributed by atoms with Crippen molar-refractivity contribution < 1.29 is 120 Å². The van der Waals surface area contributed by atoms with Crippen LogP contribution in [0.25, 0.3) is 16.7 Å². The molecule has 0 aliphatic rings. The maximum absolute atomic E-state index is 12.9. The number of pyridine rings is 1. The van der Waals surface area contributed by atoms with Crippen LogP contribution in [-0.2, 0) is 32.8 Å². The molecule has 2 heterocycles. The van der Waals surface area contributed by atoms with E-state index in [0.29, 0.717) is 28.5 Å². The Morgan fingerprint density at radius 1 is 1.02 bits per heavy atom. The number of carbonyl (C=O) groups is 1. The van der Waals surface area contributed by atoms with Gasteiger partial charge in [-0.2, -0.15) is 9.32 Å². The first-order chi connectivity index (χ1) is 25.0. The Hall–Kier alpha value is -2.79. The number of primary amides is 1. The molecule has 0 spiro atoms. The standard InChI is InChI=1S/C28H23ClN8O12S3.2Na/c1-44-21-5-3-18(52(42,43)11-10-45-51-49-47-41)14-20(21)35-36-23-22(50-48-46-40)13-16-12-17(2-4-19(16)24(23)38)31-27-32-26(29)33-28(34-27)37-8-6-15(7-9-37)25(30)39;;/h2-9,12-14H,10-11H2,1H3,(H5-,30,31,32,33,34,38,39,40,41);;/q;2*+1/p-1. The van der Waals surface area contributed by atoms with Gasteiger partial charge in [-0.1, -0.05) is 0 Å². The number of benzene rings is 3. The van der Waals surface area contributed by atoms with E-state index in [4.69, 9.17) is 26.3 Å². The zero-order chi connectivity index (χ0) is 37.3. The molecule has 0 aliphatic carbocycles. The zero-order valence-electron chi connectivity index (χ0n) is 28.1. The Kier molecular flexibility index (Phi) is 18.2. The first kappa shape index (κ1) is 45.6. The minimum Gasteiger partial charge on any atom is -0.691 e.